The van der Waals surface area contributed by atoms with Gasteiger partial charge in [0.1, 0.15) is 29.0 Å². The quantitative estimate of drug-likeness (QED) is 0.328. The van der Waals surface area contributed by atoms with Gasteiger partial charge >= 0.3 is 12.1 Å². The zero-order valence-corrected chi connectivity index (χ0v) is 22.7. The summed E-state index contributed by atoms with van der Waals surface area (Å²) in [5.41, 5.74) is 1.88. The molecule has 3 rings (SSSR count). The third kappa shape index (κ3) is 7.89. The molecule has 0 saturated carbocycles. The van der Waals surface area contributed by atoms with Gasteiger partial charge in [0.15, 0.2) is 0 Å². The van der Waals surface area contributed by atoms with Crippen molar-refractivity contribution in [1.29, 1.82) is 0 Å². The van der Waals surface area contributed by atoms with E-state index in [9.17, 15) is 14.7 Å². The van der Waals surface area contributed by atoms with E-state index >= 15 is 0 Å². The molecule has 3 N–H and O–H groups in total. The number of amides is 1. The van der Waals surface area contributed by atoms with E-state index in [1.165, 1.54) is 0 Å². The Kier molecular flexibility index (Phi) is 9.22. The van der Waals surface area contributed by atoms with Crippen molar-refractivity contribution in [2.24, 2.45) is 0 Å². The molecule has 0 aliphatic heterocycles. The van der Waals surface area contributed by atoms with Crippen LogP contribution >= 0.6 is 0 Å². The second kappa shape index (κ2) is 12.4. The monoisotopic (exact) mass is 524 g/mol. The van der Waals surface area contributed by atoms with Gasteiger partial charge in [-0.25, -0.2) is 14.6 Å². The molecule has 1 aromatic heterocycles. The number of aliphatic carboxylic acids is 1. The number of nitrogens with zero attached hydrogens (tertiary/aromatic N) is 2. The van der Waals surface area contributed by atoms with E-state index in [2.05, 4.69) is 10.6 Å². The molecule has 10 heteroatoms. The molecule has 0 aliphatic carbocycles. The van der Waals surface area contributed by atoms with Crippen LogP contribution < -0.4 is 25.0 Å². The first-order valence-corrected chi connectivity index (χ1v) is 12.3. The van der Waals surface area contributed by atoms with Gasteiger partial charge in [0, 0.05) is 42.8 Å². The Morgan fingerprint density at radius 1 is 1.05 bits per heavy atom. The summed E-state index contributed by atoms with van der Waals surface area (Å²) in [5, 5.41) is 16.1. The highest BCUT2D eigenvalue weighted by atomic mass is 16.6. The fourth-order valence-electron chi connectivity index (χ4n) is 3.82. The number of carboxylic acids is 1. The fraction of sp³-hybridized carbons (Fsp3) is 0.393. The number of hydrogen-bond donors (Lipinski definition) is 3. The van der Waals surface area contributed by atoms with Gasteiger partial charge in [0.2, 0.25) is 0 Å². The Bertz CT molecular complexity index is 1270. The molecule has 38 heavy (non-hydrogen) atoms. The SMILES string of the molecule is COc1ccc(CN(C)c2ccc3ccc(NCC[C@H](NC(=O)OC(C)(C)C)C(=O)O)cc3n2)c(OC)c1. The standard InChI is InChI=1S/C28H36N4O6/c1-28(2,3)38-27(35)31-22(26(33)34)13-14-29-20-10-7-18-9-12-25(30-23(18)15-20)32(4)17-19-8-11-21(36-5)16-24(19)37-6/h7-12,15-16,22,29H,13-14,17H2,1-6H3,(H,31,35)(H,33,34)/t22-/m0/s1. The molecule has 10 nitrogen and oxygen atoms in total. The van der Waals surface area contributed by atoms with Crippen molar-refractivity contribution < 1.29 is 28.9 Å². The first kappa shape index (κ1) is 28.4. The molecule has 3 aromatic rings. The number of carbonyl (C=O) groups is 2. The lowest BCUT2D eigenvalue weighted by Crippen LogP contribution is -2.44. The summed E-state index contributed by atoms with van der Waals surface area (Å²) in [5.74, 6) is 1.13. The number of ether oxygens (including phenoxy) is 3. The van der Waals surface area contributed by atoms with Crippen LogP contribution in [0.3, 0.4) is 0 Å². The van der Waals surface area contributed by atoms with Gasteiger partial charge < -0.3 is 34.9 Å². The van der Waals surface area contributed by atoms with E-state index in [1.807, 2.05) is 60.5 Å². The number of fused-ring (bicyclic) bond motifs is 1. The molecule has 1 amide bonds. The van der Waals surface area contributed by atoms with Gasteiger partial charge in [-0.05, 0) is 63.6 Å². The van der Waals surface area contributed by atoms with Gasteiger partial charge in [-0.1, -0.05) is 6.07 Å². The van der Waals surface area contributed by atoms with Gasteiger partial charge in [0.25, 0.3) is 0 Å². The molecule has 1 heterocycles. The largest absolute Gasteiger partial charge is 0.497 e. The third-order valence-electron chi connectivity index (χ3n) is 5.72. The predicted molar refractivity (Wildman–Crippen MR) is 147 cm³/mol. The van der Waals surface area contributed by atoms with Crippen molar-refractivity contribution in [2.75, 3.05) is 38.0 Å². The van der Waals surface area contributed by atoms with E-state index in [0.717, 1.165) is 39.5 Å². The highest BCUT2D eigenvalue weighted by Gasteiger charge is 2.23. The Hall–Kier alpha value is -4.21. The second-order valence-electron chi connectivity index (χ2n) is 9.86. The van der Waals surface area contributed by atoms with Crippen LogP contribution in [0.1, 0.15) is 32.8 Å². The minimum absolute atomic E-state index is 0.173. The molecule has 0 bridgehead atoms. The van der Waals surface area contributed by atoms with Crippen molar-refractivity contribution in [1.82, 2.24) is 10.3 Å². The highest BCUT2D eigenvalue weighted by Crippen LogP contribution is 2.27. The van der Waals surface area contributed by atoms with Crippen LogP contribution in [0.2, 0.25) is 0 Å². The van der Waals surface area contributed by atoms with Crippen LogP contribution in [-0.4, -0.2) is 61.6 Å². The van der Waals surface area contributed by atoms with Crippen LogP contribution in [0.5, 0.6) is 11.5 Å². The number of alkyl carbamates (subject to hydrolysis) is 1. The smallest absolute Gasteiger partial charge is 0.408 e. The van der Waals surface area contributed by atoms with E-state index in [-0.39, 0.29) is 6.42 Å². The maximum Gasteiger partial charge on any atom is 0.408 e. The zero-order chi connectivity index (χ0) is 27.9. The number of rotatable bonds is 11. The van der Waals surface area contributed by atoms with Gasteiger partial charge in [-0.15, -0.1) is 0 Å². The minimum Gasteiger partial charge on any atom is -0.497 e. The number of anilines is 2. The van der Waals surface area contributed by atoms with Crippen molar-refractivity contribution in [2.45, 2.75) is 45.4 Å². The molecule has 1 atom stereocenters. The Morgan fingerprint density at radius 3 is 2.45 bits per heavy atom. The Morgan fingerprint density at radius 2 is 1.79 bits per heavy atom. The molecule has 0 fully saturated rings. The number of carboxylic acid groups (broad SMARTS) is 1. The summed E-state index contributed by atoms with van der Waals surface area (Å²) in [6, 6.07) is 14.4. The van der Waals surface area contributed by atoms with E-state index in [1.54, 1.807) is 35.0 Å². The molecule has 0 unspecified atom stereocenters. The van der Waals surface area contributed by atoms with Crippen LogP contribution in [0.4, 0.5) is 16.3 Å². The van der Waals surface area contributed by atoms with Gasteiger partial charge in [0.05, 0.1) is 19.7 Å². The Balaban J connectivity index is 1.66. The number of pyridine rings is 1. The maximum atomic E-state index is 12.0. The normalized spacial score (nSPS) is 11.9. The molecular formula is C28H36N4O6. The molecule has 0 saturated heterocycles. The lowest BCUT2D eigenvalue weighted by molar-refractivity contribution is -0.139. The van der Waals surface area contributed by atoms with Gasteiger partial charge in [-0.3, -0.25) is 0 Å². The topological polar surface area (TPSA) is 122 Å². The van der Waals surface area contributed by atoms with E-state index in [4.69, 9.17) is 19.2 Å². The van der Waals surface area contributed by atoms with Crippen LogP contribution in [0.25, 0.3) is 10.9 Å². The van der Waals surface area contributed by atoms with Crippen LogP contribution in [0.15, 0.2) is 48.5 Å². The van der Waals surface area contributed by atoms with Crippen molar-refractivity contribution in [3.63, 3.8) is 0 Å². The van der Waals surface area contributed by atoms with Crippen LogP contribution in [-0.2, 0) is 16.1 Å². The minimum atomic E-state index is -1.13. The molecule has 204 valence electrons. The molecule has 2 aromatic carbocycles. The number of benzene rings is 2. The van der Waals surface area contributed by atoms with E-state index in [0.29, 0.717) is 13.1 Å². The summed E-state index contributed by atoms with van der Waals surface area (Å²) in [6.45, 7) is 6.07. The summed E-state index contributed by atoms with van der Waals surface area (Å²) >= 11 is 0. The Labute approximate surface area is 222 Å². The molecule has 0 radical (unpaired) electrons. The lowest BCUT2D eigenvalue weighted by atomic mass is 10.1. The highest BCUT2D eigenvalue weighted by molar-refractivity contribution is 5.84. The fourth-order valence-corrected chi connectivity index (χ4v) is 3.82. The first-order valence-electron chi connectivity index (χ1n) is 12.3. The third-order valence-corrected chi connectivity index (χ3v) is 5.72. The van der Waals surface area contributed by atoms with Crippen molar-refractivity contribution in [3.05, 3.63) is 54.1 Å². The second-order valence-corrected chi connectivity index (χ2v) is 9.86. The zero-order valence-electron chi connectivity index (χ0n) is 22.7. The number of methoxy groups -OCH3 is 2. The predicted octanol–water partition coefficient (Wildman–Crippen LogP) is 4.67. The number of hydrogen-bond acceptors (Lipinski definition) is 8. The number of aromatic nitrogens is 1. The maximum absolute atomic E-state index is 12.0. The lowest BCUT2D eigenvalue weighted by Gasteiger charge is -2.22. The average molecular weight is 525 g/mol. The molecule has 0 spiro atoms. The van der Waals surface area contributed by atoms with E-state index < -0.39 is 23.7 Å². The van der Waals surface area contributed by atoms with Crippen molar-refractivity contribution in [3.8, 4) is 11.5 Å². The molecule has 0 aliphatic rings. The summed E-state index contributed by atoms with van der Waals surface area (Å²) in [6.07, 6.45) is -0.587. The summed E-state index contributed by atoms with van der Waals surface area (Å²) in [4.78, 5) is 30.4. The van der Waals surface area contributed by atoms with Crippen LogP contribution in [0, 0.1) is 0 Å². The first-order chi connectivity index (χ1) is 18.0. The number of carbonyl (C=O) groups excluding carboxylic acids is 1. The number of nitrogens with one attached hydrogen (secondary N) is 2. The average Bonchev–Trinajstić information content (AvgIpc) is 2.86. The summed E-state index contributed by atoms with van der Waals surface area (Å²) < 4.78 is 16.0. The van der Waals surface area contributed by atoms with Gasteiger partial charge in [-0.2, -0.15) is 0 Å². The van der Waals surface area contributed by atoms with Crippen molar-refractivity contribution >= 4 is 34.5 Å². The molecular weight excluding hydrogens is 488 g/mol. The summed E-state index contributed by atoms with van der Waals surface area (Å²) in [7, 11) is 5.21.